The standard InChI is InChI=1S/C21H16F2N2O7/c1-30-19(27)10-3-4-11(20(28)31-2)15(7-10)24-17(26)9-32-21(29)16-8-12-13(22)5-6-14(23)18(12)25-16/h3-8,25H,9H2,1-2H3,(H,24,26). The predicted molar refractivity (Wildman–Crippen MR) is 106 cm³/mol. The molecule has 3 rings (SSSR count). The smallest absolute Gasteiger partial charge is 0.355 e. The number of H-pyrrole nitrogens is 1. The van der Waals surface area contributed by atoms with Gasteiger partial charge in [-0.05, 0) is 36.4 Å². The van der Waals surface area contributed by atoms with Crippen LogP contribution in [0.4, 0.5) is 14.5 Å². The summed E-state index contributed by atoms with van der Waals surface area (Å²) in [6.07, 6.45) is 0. The topological polar surface area (TPSA) is 124 Å². The number of amides is 1. The maximum Gasteiger partial charge on any atom is 0.355 e. The van der Waals surface area contributed by atoms with Gasteiger partial charge in [-0.1, -0.05) is 0 Å². The van der Waals surface area contributed by atoms with E-state index in [0.717, 1.165) is 32.4 Å². The number of nitrogens with one attached hydrogen (secondary N) is 2. The van der Waals surface area contributed by atoms with E-state index in [1.54, 1.807) is 0 Å². The first-order chi connectivity index (χ1) is 15.2. The second-order valence-corrected chi connectivity index (χ2v) is 6.37. The summed E-state index contributed by atoms with van der Waals surface area (Å²) in [6.45, 7) is -0.789. The molecule has 0 fully saturated rings. The number of esters is 3. The van der Waals surface area contributed by atoms with E-state index < -0.39 is 42.1 Å². The van der Waals surface area contributed by atoms with Crippen molar-refractivity contribution >= 4 is 40.4 Å². The largest absolute Gasteiger partial charge is 0.465 e. The summed E-state index contributed by atoms with van der Waals surface area (Å²) in [7, 11) is 2.30. The van der Waals surface area contributed by atoms with E-state index in [9.17, 15) is 28.0 Å². The van der Waals surface area contributed by atoms with Crippen molar-refractivity contribution in [1.29, 1.82) is 0 Å². The number of rotatable bonds is 6. The summed E-state index contributed by atoms with van der Waals surface area (Å²) in [5, 5.41) is 2.19. The van der Waals surface area contributed by atoms with Crippen LogP contribution in [0.1, 0.15) is 31.2 Å². The molecule has 32 heavy (non-hydrogen) atoms. The third-order valence-corrected chi connectivity index (χ3v) is 4.36. The molecule has 2 N–H and O–H groups in total. The number of halogens is 2. The summed E-state index contributed by atoms with van der Waals surface area (Å²) in [5.74, 6) is -4.88. The minimum Gasteiger partial charge on any atom is -0.465 e. The van der Waals surface area contributed by atoms with Crippen LogP contribution in [0.15, 0.2) is 36.4 Å². The van der Waals surface area contributed by atoms with Gasteiger partial charge in [0.25, 0.3) is 5.91 Å². The Morgan fingerprint density at radius 3 is 2.25 bits per heavy atom. The molecule has 0 spiro atoms. The molecule has 1 amide bonds. The Morgan fingerprint density at radius 1 is 0.906 bits per heavy atom. The second-order valence-electron chi connectivity index (χ2n) is 6.37. The fraction of sp³-hybridized carbons (Fsp3) is 0.143. The normalized spacial score (nSPS) is 10.5. The van der Waals surface area contributed by atoms with Gasteiger partial charge in [0, 0.05) is 5.39 Å². The Labute approximate surface area is 179 Å². The molecule has 0 aliphatic heterocycles. The average Bonchev–Trinajstić information content (AvgIpc) is 3.26. The summed E-state index contributed by atoms with van der Waals surface area (Å²) in [4.78, 5) is 50.5. The first-order valence-electron chi connectivity index (χ1n) is 8.99. The highest BCUT2D eigenvalue weighted by atomic mass is 19.1. The zero-order valence-electron chi connectivity index (χ0n) is 16.8. The van der Waals surface area contributed by atoms with Gasteiger partial charge in [0.15, 0.2) is 6.61 Å². The van der Waals surface area contributed by atoms with E-state index in [-0.39, 0.29) is 33.4 Å². The molecule has 11 heteroatoms. The SMILES string of the molecule is COC(=O)c1ccc(C(=O)OC)c(NC(=O)COC(=O)c2cc3c(F)ccc(F)c3[nH]2)c1. The van der Waals surface area contributed by atoms with Crippen LogP contribution in [-0.4, -0.2) is 49.6 Å². The van der Waals surface area contributed by atoms with Gasteiger partial charge in [0.1, 0.15) is 17.3 Å². The maximum absolute atomic E-state index is 13.8. The zero-order chi connectivity index (χ0) is 23.4. The van der Waals surface area contributed by atoms with Crippen molar-refractivity contribution in [3.63, 3.8) is 0 Å². The van der Waals surface area contributed by atoms with Crippen LogP contribution in [-0.2, 0) is 19.0 Å². The van der Waals surface area contributed by atoms with Crippen LogP contribution in [0.25, 0.3) is 10.9 Å². The van der Waals surface area contributed by atoms with Gasteiger partial charge >= 0.3 is 17.9 Å². The predicted octanol–water partition coefficient (Wildman–Crippen LogP) is 2.81. The fourth-order valence-corrected chi connectivity index (χ4v) is 2.84. The van der Waals surface area contributed by atoms with Gasteiger partial charge in [-0.2, -0.15) is 0 Å². The Hall–Kier alpha value is -4.28. The molecule has 0 radical (unpaired) electrons. The molecule has 3 aromatic rings. The van der Waals surface area contributed by atoms with Gasteiger partial charge in [-0.3, -0.25) is 4.79 Å². The van der Waals surface area contributed by atoms with Crippen molar-refractivity contribution in [3.05, 3.63) is 64.9 Å². The number of ether oxygens (including phenoxy) is 3. The lowest BCUT2D eigenvalue weighted by Crippen LogP contribution is -2.22. The van der Waals surface area contributed by atoms with E-state index in [0.29, 0.717) is 0 Å². The molecule has 166 valence electrons. The number of anilines is 1. The zero-order valence-corrected chi connectivity index (χ0v) is 16.8. The van der Waals surface area contributed by atoms with Gasteiger partial charge in [0.2, 0.25) is 0 Å². The van der Waals surface area contributed by atoms with E-state index in [1.165, 1.54) is 18.2 Å². The lowest BCUT2D eigenvalue weighted by atomic mass is 10.1. The molecule has 1 aromatic heterocycles. The van der Waals surface area contributed by atoms with Crippen molar-refractivity contribution in [1.82, 2.24) is 4.98 Å². The van der Waals surface area contributed by atoms with Crippen molar-refractivity contribution in [2.45, 2.75) is 0 Å². The molecule has 0 saturated heterocycles. The van der Waals surface area contributed by atoms with E-state index in [2.05, 4.69) is 19.8 Å². The molecule has 0 bridgehead atoms. The molecular formula is C21H16F2N2O7. The van der Waals surface area contributed by atoms with Crippen LogP contribution in [0, 0.1) is 11.6 Å². The Bertz CT molecular complexity index is 1200. The number of hydrogen-bond donors (Lipinski definition) is 2. The minimum absolute atomic E-state index is 0.0505. The van der Waals surface area contributed by atoms with E-state index in [1.807, 2.05) is 0 Å². The highest BCUT2D eigenvalue weighted by Crippen LogP contribution is 2.23. The van der Waals surface area contributed by atoms with Gasteiger partial charge in [-0.25, -0.2) is 23.2 Å². The Kier molecular flexibility index (Phi) is 6.47. The summed E-state index contributed by atoms with van der Waals surface area (Å²) >= 11 is 0. The molecule has 2 aromatic carbocycles. The number of aromatic nitrogens is 1. The molecule has 0 aliphatic rings. The molecule has 1 heterocycles. The van der Waals surface area contributed by atoms with E-state index in [4.69, 9.17) is 4.74 Å². The first kappa shape index (κ1) is 22.4. The number of fused-ring (bicyclic) bond motifs is 1. The quantitative estimate of drug-likeness (QED) is 0.441. The lowest BCUT2D eigenvalue weighted by molar-refractivity contribution is -0.119. The summed E-state index contributed by atoms with van der Waals surface area (Å²) in [5.41, 5.74) is -0.560. The number of aromatic amines is 1. The number of carbonyl (C=O) groups is 4. The molecule has 0 atom stereocenters. The van der Waals surface area contributed by atoms with Gasteiger partial charge < -0.3 is 24.5 Å². The maximum atomic E-state index is 13.8. The van der Waals surface area contributed by atoms with Crippen LogP contribution in [0.5, 0.6) is 0 Å². The highest BCUT2D eigenvalue weighted by molar-refractivity contribution is 6.04. The monoisotopic (exact) mass is 446 g/mol. The van der Waals surface area contributed by atoms with Crippen LogP contribution >= 0.6 is 0 Å². The summed E-state index contributed by atoms with van der Waals surface area (Å²) in [6, 6.07) is 6.63. The lowest BCUT2D eigenvalue weighted by Gasteiger charge is -2.11. The third kappa shape index (κ3) is 4.56. The fourth-order valence-electron chi connectivity index (χ4n) is 2.84. The van der Waals surface area contributed by atoms with Crippen LogP contribution < -0.4 is 5.32 Å². The van der Waals surface area contributed by atoms with Crippen molar-refractivity contribution < 1.29 is 42.2 Å². The molecule has 0 saturated carbocycles. The number of benzene rings is 2. The minimum atomic E-state index is -1.04. The van der Waals surface area contributed by atoms with Gasteiger partial charge in [0.05, 0.1) is 36.6 Å². The second kappa shape index (κ2) is 9.25. The van der Waals surface area contributed by atoms with Crippen molar-refractivity contribution in [2.75, 3.05) is 26.1 Å². The average molecular weight is 446 g/mol. The molecule has 0 aliphatic carbocycles. The molecule has 9 nitrogen and oxygen atoms in total. The first-order valence-corrected chi connectivity index (χ1v) is 8.99. The molecular weight excluding hydrogens is 430 g/mol. The number of carbonyl (C=O) groups excluding carboxylic acids is 4. The van der Waals surface area contributed by atoms with E-state index >= 15 is 0 Å². The van der Waals surface area contributed by atoms with Crippen LogP contribution in [0.3, 0.4) is 0 Å². The van der Waals surface area contributed by atoms with Crippen molar-refractivity contribution in [2.24, 2.45) is 0 Å². The third-order valence-electron chi connectivity index (χ3n) is 4.36. The Morgan fingerprint density at radius 2 is 1.59 bits per heavy atom. The van der Waals surface area contributed by atoms with Crippen molar-refractivity contribution in [3.8, 4) is 0 Å². The highest BCUT2D eigenvalue weighted by Gasteiger charge is 2.20. The summed E-state index contributed by atoms with van der Waals surface area (Å²) < 4.78 is 41.6. The number of hydrogen-bond acceptors (Lipinski definition) is 7. The Balaban J connectivity index is 1.73. The van der Waals surface area contributed by atoms with Crippen LogP contribution in [0.2, 0.25) is 0 Å². The van der Waals surface area contributed by atoms with Gasteiger partial charge in [-0.15, -0.1) is 0 Å². The number of methoxy groups -OCH3 is 2. The molecule has 0 unspecified atom stereocenters.